The fraction of sp³-hybridized carbons (Fsp3) is 0.667. The van der Waals surface area contributed by atoms with Crippen LogP contribution < -0.4 is 10.1 Å². The standard InChI is InChI=1S/C18H29NO/c1-13(2)15-5-9-17(10-6-15)19-14(3)16-7-11-18(20-4)12-8-16/h7-8,11-15,17,19H,5-6,9-10H2,1-4H3. The van der Waals surface area contributed by atoms with Crippen molar-refractivity contribution in [3.05, 3.63) is 29.8 Å². The summed E-state index contributed by atoms with van der Waals surface area (Å²) in [5.74, 6) is 2.71. The van der Waals surface area contributed by atoms with Crippen molar-refractivity contribution in [2.45, 2.75) is 58.5 Å². The number of ether oxygens (including phenoxy) is 1. The minimum absolute atomic E-state index is 0.418. The summed E-state index contributed by atoms with van der Waals surface area (Å²) >= 11 is 0. The number of nitrogens with one attached hydrogen (secondary N) is 1. The second kappa shape index (κ2) is 7.12. The minimum atomic E-state index is 0.418. The van der Waals surface area contributed by atoms with Crippen LogP contribution in [0, 0.1) is 11.8 Å². The molecule has 1 fully saturated rings. The summed E-state index contributed by atoms with van der Waals surface area (Å²) in [7, 11) is 1.71. The Kier molecular flexibility index (Phi) is 5.47. The molecule has 2 nitrogen and oxygen atoms in total. The Bertz CT molecular complexity index is 390. The van der Waals surface area contributed by atoms with Crippen molar-refractivity contribution in [2.75, 3.05) is 7.11 Å². The van der Waals surface area contributed by atoms with E-state index in [2.05, 4.69) is 38.2 Å². The maximum Gasteiger partial charge on any atom is 0.118 e. The van der Waals surface area contributed by atoms with Crippen molar-refractivity contribution in [1.82, 2.24) is 5.32 Å². The van der Waals surface area contributed by atoms with Crippen LogP contribution in [-0.2, 0) is 0 Å². The molecule has 0 bridgehead atoms. The number of hydrogen-bond acceptors (Lipinski definition) is 2. The van der Waals surface area contributed by atoms with Crippen LogP contribution in [0.25, 0.3) is 0 Å². The molecule has 1 unspecified atom stereocenters. The Hall–Kier alpha value is -1.02. The fourth-order valence-corrected chi connectivity index (χ4v) is 3.29. The Morgan fingerprint density at radius 3 is 2.10 bits per heavy atom. The van der Waals surface area contributed by atoms with Gasteiger partial charge in [0.05, 0.1) is 7.11 Å². The monoisotopic (exact) mass is 275 g/mol. The number of methoxy groups -OCH3 is 1. The summed E-state index contributed by atoms with van der Waals surface area (Å²) in [6, 6.07) is 9.52. The molecule has 0 saturated heterocycles. The zero-order valence-electron chi connectivity index (χ0n) is 13.4. The fourth-order valence-electron chi connectivity index (χ4n) is 3.29. The summed E-state index contributed by atoms with van der Waals surface area (Å²) in [6.45, 7) is 6.98. The first kappa shape index (κ1) is 15.4. The van der Waals surface area contributed by atoms with Crippen LogP contribution in [0.2, 0.25) is 0 Å². The lowest BCUT2D eigenvalue weighted by Gasteiger charge is -2.33. The maximum atomic E-state index is 5.21. The molecule has 1 saturated carbocycles. The molecule has 0 heterocycles. The Balaban J connectivity index is 1.84. The van der Waals surface area contributed by atoms with E-state index >= 15 is 0 Å². The Morgan fingerprint density at radius 2 is 1.60 bits per heavy atom. The molecule has 112 valence electrons. The van der Waals surface area contributed by atoms with Crippen LogP contribution >= 0.6 is 0 Å². The van der Waals surface area contributed by atoms with E-state index in [0.29, 0.717) is 12.1 Å². The van der Waals surface area contributed by atoms with Gasteiger partial charge in [-0.3, -0.25) is 0 Å². The summed E-state index contributed by atoms with van der Waals surface area (Å²) < 4.78 is 5.21. The highest BCUT2D eigenvalue weighted by Crippen LogP contribution is 2.31. The van der Waals surface area contributed by atoms with E-state index in [1.807, 2.05) is 12.1 Å². The largest absolute Gasteiger partial charge is 0.497 e. The normalized spacial score (nSPS) is 24.6. The van der Waals surface area contributed by atoms with E-state index in [1.165, 1.54) is 31.2 Å². The molecular formula is C18H29NO. The molecule has 0 spiro atoms. The molecule has 0 amide bonds. The molecular weight excluding hydrogens is 246 g/mol. The lowest BCUT2D eigenvalue weighted by molar-refractivity contribution is 0.231. The maximum absolute atomic E-state index is 5.21. The van der Waals surface area contributed by atoms with Crippen LogP contribution in [0.15, 0.2) is 24.3 Å². The molecule has 1 atom stereocenters. The average Bonchev–Trinajstić information content (AvgIpc) is 2.48. The molecule has 0 radical (unpaired) electrons. The first-order chi connectivity index (χ1) is 9.60. The number of rotatable bonds is 5. The molecule has 1 aliphatic carbocycles. The van der Waals surface area contributed by atoms with Crippen molar-refractivity contribution in [3.8, 4) is 5.75 Å². The third-order valence-corrected chi connectivity index (χ3v) is 4.82. The van der Waals surface area contributed by atoms with Gasteiger partial charge in [0.1, 0.15) is 5.75 Å². The van der Waals surface area contributed by atoms with Crippen molar-refractivity contribution >= 4 is 0 Å². The van der Waals surface area contributed by atoms with Gasteiger partial charge in [-0.1, -0.05) is 26.0 Å². The van der Waals surface area contributed by atoms with Crippen LogP contribution in [0.3, 0.4) is 0 Å². The van der Waals surface area contributed by atoms with Gasteiger partial charge in [0.25, 0.3) is 0 Å². The van der Waals surface area contributed by atoms with Gasteiger partial charge >= 0.3 is 0 Å². The number of benzene rings is 1. The minimum Gasteiger partial charge on any atom is -0.497 e. The topological polar surface area (TPSA) is 21.3 Å². The summed E-state index contributed by atoms with van der Waals surface area (Å²) in [4.78, 5) is 0. The molecule has 0 aliphatic heterocycles. The smallest absolute Gasteiger partial charge is 0.118 e. The van der Waals surface area contributed by atoms with Gasteiger partial charge in [-0.25, -0.2) is 0 Å². The summed E-state index contributed by atoms with van der Waals surface area (Å²) in [5.41, 5.74) is 1.34. The second-order valence-corrected chi connectivity index (χ2v) is 6.52. The second-order valence-electron chi connectivity index (χ2n) is 6.52. The molecule has 2 rings (SSSR count). The zero-order valence-corrected chi connectivity index (χ0v) is 13.4. The first-order valence-corrected chi connectivity index (χ1v) is 8.00. The SMILES string of the molecule is COc1ccc(C(C)NC2CCC(C(C)C)CC2)cc1. The van der Waals surface area contributed by atoms with Crippen LogP contribution in [0.4, 0.5) is 0 Å². The Labute approximate surface area is 123 Å². The first-order valence-electron chi connectivity index (χ1n) is 8.00. The van der Waals surface area contributed by atoms with E-state index in [4.69, 9.17) is 4.74 Å². The quantitative estimate of drug-likeness (QED) is 0.850. The molecule has 1 N–H and O–H groups in total. The van der Waals surface area contributed by atoms with Gasteiger partial charge in [0, 0.05) is 12.1 Å². The van der Waals surface area contributed by atoms with Gasteiger partial charge in [-0.2, -0.15) is 0 Å². The van der Waals surface area contributed by atoms with Crippen molar-refractivity contribution in [1.29, 1.82) is 0 Å². The third kappa shape index (κ3) is 3.99. The van der Waals surface area contributed by atoms with Crippen LogP contribution in [-0.4, -0.2) is 13.2 Å². The van der Waals surface area contributed by atoms with E-state index < -0.39 is 0 Å². The zero-order chi connectivity index (χ0) is 14.5. The van der Waals surface area contributed by atoms with Gasteiger partial charge < -0.3 is 10.1 Å². The van der Waals surface area contributed by atoms with Gasteiger partial charge in [-0.15, -0.1) is 0 Å². The highest BCUT2D eigenvalue weighted by atomic mass is 16.5. The van der Waals surface area contributed by atoms with Gasteiger partial charge in [0.15, 0.2) is 0 Å². The average molecular weight is 275 g/mol. The van der Waals surface area contributed by atoms with Crippen molar-refractivity contribution in [2.24, 2.45) is 11.8 Å². The van der Waals surface area contributed by atoms with Crippen molar-refractivity contribution < 1.29 is 4.74 Å². The van der Waals surface area contributed by atoms with E-state index in [0.717, 1.165) is 17.6 Å². The van der Waals surface area contributed by atoms with Crippen molar-refractivity contribution in [3.63, 3.8) is 0 Å². The highest BCUT2D eigenvalue weighted by Gasteiger charge is 2.24. The van der Waals surface area contributed by atoms with Crippen LogP contribution in [0.5, 0.6) is 5.75 Å². The lowest BCUT2D eigenvalue weighted by Crippen LogP contribution is -2.35. The highest BCUT2D eigenvalue weighted by molar-refractivity contribution is 5.28. The third-order valence-electron chi connectivity index (χ3n) is 4.82. The lowest BCUT2D eigenvalue weighted by atomic mass is 9.79. The van der Waals surface area contributed by atoms with E-state index in [9.17, 15) is 0 Å². The predicted octanol–water partition coefficient (Wildman–Crippen LogP) is 4.56. The van der Waals surface area contributed by atoms with E-state index in [-0.39, 0.29) is 0 Å². The predicted molar refractivity (Wildman–Crippen MR) is 85.1 cm³/mol. The van der Waals surface area contributed by atoms with E-state index in [1.54, 1.807) is 7.11 Å². The molecule has 0 aromatic heterocycles. The molecule has 1 aromatic rings. The van der Waals surface area contributed by atoms with Crippen LogP contribution in [0.1, 0.15) is 58.1 Å². The summed E-state index contributed by atoms with van der Waals surface area (Å²) in [6.07, 6.45) is 5.40. The number of hydrogen-bond donors (Lipinski definition) is 1. The molecule has 2 heteroatoms. The summed E-state index contributed by atoms with van der Waals surface area (Å²) in [5, 5.41) is 3.79. The van der Waals surface area contributed by atoms with Gasteiger partial charge in [-0.05, 0) is 62.1 Å². The molecule has 20 heavy (non-hydrogen) atoms. The molecule has 1 aromatic carbocycles. The molecule has 1 aliphatic rings. The Morgan fingerprint density at radius 1 is 1.00 bits per heavy atom. The van der Waals surface area contributed by atoms with Gasteiger partial charge in [0.2, 0.25) is 0 Å².